The molecule has 1 aromatic carbocycles. The maximum absolute atomic E-state index is 9.43. The van der Waals surface area contributed by atoms with Gasteiger partial charge in [-0.05, 0) is 30.5 Å². The van der Waals surface area contributed by atoms with Gasteiger partial charge in [-0.25, -0.2) is 4.98 Å². The van der Waals surface area contributed by atoms with E-state index in [1.807, 2.05) is 36.4 Å². The van der Waals surface area contributed by atoms with Crippen LogP contribution in [0, 0.1) is 0 Å². The van der Waals surface area contributed by atoms with Gasteiger partial charge in [-0.2, -0.15) is 0 Å². The van der Waals surface area contributed by atoms with Gasteiger partial charge in [-0.3, -0.25) is 0 Å². The van der Waals surface area contributed by atoms with E-state index in [0.717, 1.165) is 28.9 Å². The molecule has 0 saturated heterocycles. The van der Waals surface area contributed by atoms with Gasteiger partial charge in [0.2, 0.25) is 0 Å². The Morgan fingerprint density at radius 2 is 2.05 bits per heavy atom. The zero-order chi connectivity index (χ0) is 14.7. The summed E-state index contributed by atoms with van der Waals surface area (Å²) < 4.78 is 5.44. The van der Waals surface area contributed by atoms with Crippen molar-refractivity contribution in [1.82, 2.24) is 4.98 Å². The topological polar surface area (TPSA) is 49.5 Å². The quantitative estimate of drug-likeness (QED) is 0.779. The SMILES string of the molecule is CCN(Cc1ccco1)c1nc(CO)cc2ccccc12. The highest BCUT2D eigenvalue weighted by molar-refractivity contribution is 5.92. The Morgan fingerprint density at radius 1 is 1.19 bits per heavy atom. The summed E-state index contributed by atoms with van der Waals surface area (Å²) in [6.45, 7) is 3.50. The first-order valence-electron chi connectivity index (χ1n) is 7.08. The molecule has 0 fully saturated rings. The molecule has 0 amide bonds. The van der Waals surface area contributed by atoms with Crippen LogP contribution in [-0.4, -0.2) is 16.6 Å². The lowest BCUT2D eigenvalue weighted by Crippen LogP contribution is -2.23. The van der Waals surface area contributed by atoms with E-state index in [1.165, 1.54) is 0 Å². The second kappa shape index (κ2) is 5.97. The first-order chi connectivity index (χ1) is 10.3. The van der Waals surface area contributed by atoms with Gasteiger partial charge in [0, 0.05) is 11.9 Å². The molecule has 0 bridgehead atoms. The zero-order valence-corrected chi connectivity index (χ0v) is 12.0. The van der Waals surface area contributed by atoms with E-state index in [2.05, 4.69) is 22.9 Å². The Balaban J connectivity index is 2.07. The van der Waals surface area contributed by atoms with Crippen molar-refractivity contribution in [2.45, 2.75) is 20.1 Å². The largest absolute Gasteiger partial charge is 0.467 e. The summed E-state index contributed by atoms with van der Waals surface area (Å²) in [5.74, 6) is 1.79. The Kier molecular flexibility index (Phi) is 3.88. The monoisotopic (exact) mass is 282 g/mol. The molecule has 0 radical (unpaired) electrons. The van der Waals surface area contributed by atoms with Crippen LogP contribution < -0.4 is 4.90 Å². The fourth-order valence-electron chi connectivity index (χ4n) is 2.48. The van der Waals surface area contributed by atoms with Gasteiger partial charge < -0.3 is 14.4 Å². The van der Waals surface area contributed by atoms with Gasteiger partial charge in [0.05, 0.1) is 25.1 Å². The van der Waals surface area contributed by atoms with Crippen LogP contribution >= 0.6 is 0 Å². The lowest BCUT2D eigenvalue weighted by atomic mass is 10.1. The number of hydrogen-bond donors (Lipinski definition) is 1. The van der Waals surface area contributed by atoms with Crippen LogP contribution in [0.1, 0.15) is 18.4 Å². The molecule has 0 aliphatic rings. The minimum absolute atomic E-state index is 0.0594. The van der Waals surface area contributed by atoms with E-state index < -0.39 is 0 Å². The second-order valence-electron chi connectivity index (χ2n) is 4.91. The predicted octanol–water partition coefficient (Wildman–Crippen LogP) is 3.35. The number of aliphatic hydroxyl groups excluding tert-OH is 1. The first kappa shape index (κ1) is 13.6. The summed E-state index contributed by atoms with van der Waals surface area (Å²) in [5.41, 5.74) is 0.682. The van der Waals surface area contributed by atoms with Gasteiger partial charge in [0.1, 0.15) is 11.6 Å². The van der Waals surface area contributed by atoms with Crippen LogP contribution in [0.4, 0.5) is 5.82 Å². The van der Waals surface area contributed by atoms with E-state index in [9.17, 15) is 5.11 Å². The van der Waals surface area contributed by atoms with E-state index >= 15 is 0 Å². The maximum Gasteiger partial charge on any atom is 0.137 e. The minimum atomic E-state index is -0.0594. The Hall–Kier alpha value is -2.33. The third-order valence-electron chi connectivity index (χ3n) is 3.54. The molecule has 2 aromatic heterocycles. The Labute approximate surface area is 123 Å². The summed E-state index contributed by atoms with van der Waals surface area (Å²) in [4.78, 5) is 6.76. The number of pyridine rings is 1. The summed E-state index contributed by atoms with van der Waals surface area (Å²) in [6.07, 6.45) is 1.68. The highest BCUT2D eigenvalue weighted by Crippen LogP contribution is 2.27. The molecule has 0 atom stereocenters. The van der Waals surface area contributed by atoms with Crippen molar-refractivity contribution in [3.63, 3.8) is 0 Å². The molecular formula is C17H18N2O2. The molecule has 0 saturated carbocycles. The van der Waals surface area contributed by atoms with Gasteiger partial charge in [-0.1, -0.05) is 24.3 Å². The lowest BCUT2D eigenvalue weighted by molar-refractivity contribution is 0.277. The number of fused-ring (bicyclic) bond motifs is 1. The average Bonchev–Trinajstić information content (AvgIpc) is 3.04. The predicted molar refractivity (Wildman–Crippen MR) is 83.1 cm³/mol. The molecule has 0 aliphatic carbocycles. The number of aliphatic hydroxyl groups is 1. The minimum Gasteiger partial charge on any atom is -0.467 e. The lowest BCUT2D eigenvalue weighted by Gasteiger charge is -2.23. The zero-order valence-electron chi connectivity index (χ0n) is 12.0. The van der Waals surface area contributed by atoms with Gasteiger partial charge in [0.25, 0.3) is 0 Å². The highest BCUT2D eigenvalue weighted by atomic mass is 16.3. The van der Waals surface area contributed by atoms with E-state index in [0.29, 0.717) is 12.2 Å². The average molecular weight is 282 g/mol. The van der Waals surface area contributed by atoms with Crippen molar-refractivity contribution >= 4 is 16.6 Å². The van der Waals surface area contributed by atoms with Crippen LogP contribution in [0.5, 0.6) is 0 Å². The Morgan fingerprint density at radius 3 is 2.76 bits per heavy atom. The van der Waals surface area contributed by atoms with Crippen LogP contribution in [-0.2, 0) is 13.2 Å². The van der Waals surface area contributed by atoms with Crippen LogP contribution in [0.15, 0.2) is 53.1 Å². The summed E-state index contributed by atoms with van der Waals surface area (Å²) in [7, 11) is 0. The maximum atomic E-state index is 9.43. The molecule has 3 aromatic rings. The summed E-state index contributed by atoms with van der Waals surface area (Å²) >= 11 is 0. The molecule has 4 heteroatoms. The number of benzene rings is 1. The van der Waals surface area contributed by atoms with Crippen molar-refractivity contribution in [2.75, 3.05) is 11.4 Å². The summed E-state index contributed by atoms with van der Waals surface area (Å²) in [5, 5.41) is 11.6. The van der Waals surface area contributed by atoms with Gasteiger partial charge in [-0.15, -0.1) is 0 Å². The third kappa shape index (κ3) is 2.76. The number of furan rings is 1. The highest BCUT2D eigenvalue weighted by Gasteiger charge is 2.13. The summed E-state index contributed by atoms with van der Waals surface area (Å²) in [6, 6.07) is 13.9. The molecule has 0 unspecified atom stereocenters. The number of hydrogen-bond acceptors (Lipinski definition) is 4. The van der Waals surface area contributed by atoms with Gasteiger partial charge >= 0.3 is 0 Å². The fourth-order valence-corrected chi connectivity index (χ4v) is 2.48. The molecule has 0 aliphatic heterocycles. The van der Waals surface area contributed by atoms with E-state index in [-0.39, 0.29) is 6.61 Å². The molecule has 4 nitrogen and oxygen atoms in total. The number of anilines is 1. The molecule has 1 N–H and O–H groups in total. The van der Waals surface area contributed by atoms with Crippen LogP contribution in [0.25, 0.3) is 10.8 Å². The van der Waals surface area contributed by atoms with Gasteiger partial charge in [0.15, 0.2) is 0 Å². The Bertz CT molecular complexity index is 723. The molecule has 21 heavy (non-hydrogen) atoms. The standard InChI is InChI=1S/C17H18N2O2/c1-2-19(11-15-7-5-9-21-15)17-16-8-4-3-6-13(16)10-14(12-20)18-17/h3-10,20H,2,11-12H2,1H3. The second-order valence-corrected chi connectivity index (χ2v) is 4.91. The smallest absolute Gasteiger partial charge is 0.137 e. The molecular weight excluding hydrogens is 264 g/mol. The molecule has 3 rings (SSSR count). The van der Waals surface area contributed by atoms with Crippen molar-refractivity contribution in [1.29, 1.82) is 0 Å². The normalized spacial score (nSPS) is 11.0. The van der Waals surface area contributed by atoms with Crippen LogP contribution in [0.3, 0.4) is 0 Å². The van der Waals surface area contributed by atoms with E-state index in [4.69, 9.17) is 4.42 Å². The van der Waals surface area contributed by atoms with Crippen molar-refractivity contribution in [3.05, 3.63) is 60.2 Å². The third-order valence-corrected chi connectivity index (χ3v) is 3.54. The molecule has 108 valence electrons. The van der Waals surface area contributed by atoms with Crippen molar-refractivity contribution in [3.8, 4) is 0 Å². The van der Waals surface area contributed by atoms with Crippen LogP contribution in [0.2, 0.25) is 0 Å². The molecule has 0 spiro atoms. The van der Waals surface area contributed by atoms with E-state index in [1.54, 1.807) is 6.26 Å². The van der Waals surface area contributed by atoms with Crippen molar-refractivity contribution in [2.24, 2.45) is 0 Å². The van der Waals surface area contributed by atoms with Crippen molar-refractivity contribution < 1.29 is 9.52 Å². The fraction of sp³-hybridized carbons (Fsp3) is 0.235. The number of nitrogens with zero attached hydrogens (tertiary/aromatic N) is 2. The number of aromatic nitrogens is 1. The number of rotatable bonds is 5. The first-order valence-corrected chi connectivity index (χ1v) is 7.08. The molecule has 2 heterocycles.